The Kier molecular flexibility index (Phi) is 19.1. The van der Waals surface area contributed by atoms with Gasteiger partial charge in [0.05, 0.1) is 0 Å². The number of hydrogen-bond donors (Lipinski definition) is 6. The largest absolute Gasteiger partial charge is 0.507 e. The van der Waals surface area contributed by atoms with E-state index in [9.17, 15) is 54.3 Å². The normalized spacial score (nSPS) is 20.3. The molecule has 0 radical (unpaired) electrons. The number of carboxylic acids is 1. The number of carbonyl (C=O) groups is 6. The van der Waals surface area contributed by atoms with Gasteiger partial charge in [-0.2, -0.15) is 5.06 Å². The Balaban J connectivity index is 0.000000255. The highest BCUT2D eigenvalue weighted by molar-refractivity contribution is 6.04. The molecule has 6 N–H and O–H groups in total. The first-order chi connectivity index (χ1) is 31.6. The van der Waals surface area contributed by atoms with Crippen LogP contribution in [0.2, 0.25) is 0 Å². The van der Waals surface area contributed by atoms with Crippen molar-refractivity contribution in [3.63, 3.8) is 0 Å². The van der Waals surface area contributed by atoms with Gasteiger partial charge in [-0.05, 0) is 114 Å². The number of nitrogens with zero attached hydrogens (tertiary/aromatic N) is 2. The Morgan fingerprint density at radius 2 is 1.03 bits per heavy atom. The molecular formula is C52H68N2O13. The lowest BCUT2D eigenvalue weighted by Crippen LogP contribution is -2.32. The van der Waals surface area contributed by atoms with E-state index in [2.05, 4.69) is 20.1 Å². The lowest BCUT2D eigenvalue weighted by molar-refractivity contribution is -0.173. The predicted molar refractivity (Wildman–Crippen MR) is 250 cm³/mol. The zero-order chi connectivity index (χ0) is 49.9. The third kappa shape index (κ3) is 13.0. The van der Waals surface area contributed by atoms with E-state index in [0.717, 1.165) is 80.9 Å². The number of carbonyl (C=O) groups excluding carboxylic acids is 5. The van der Waals surface area contributed by atoms with Crippen LogP contribution in [-0.4, -0.2) is 76.4 Å². The zero-order valence-corrected chi connectivity index (χ0v) is 39.8. The van der Waals surface area contributed by atoms with Crippen LogP contribution in [0.1, 0.15) is 186 Å². The molecule has 2 saturated heterocycles. The molecule has 0 spiro atoms. The maximum atomic E-state index is 13.1. The summed E-state index contributed by atoms with van der Waals surface area (Å²) in [5.41, 5.74) is 5.49. The number of allylic oxidation sites excluding steroid dienone is 6. The van der Waals surface area contributed by atoms with Crippen LogP contribution in [0.5, 0.6) is 23.0 Å². The van der Waals surface area contributed by atoms with E-state index in [-0.39, 0.29) is 94.1 Å². The van der Waals surface area contributed by atoms with Gasteiger partial charge >= 0.3 is 11.9 Å². The fourth-order valence-corrected chi connectivity index (χ4v) is 9.26. The second kappa shape index (κ2) is 24.0. The summed E-state index contributed by atoms with van der Waals surface area (Å²) < 4.78 is 0. The molecule has 4 aliphatic rings. The monoisotopic (exact) mass is 928 g/mol. The Hall–Kier alpha value is -6.22. The minimum absolute atomic E-state index is 0.0120. The molecule has 15 nitrogen and oxygen atoms in total. The predicted octanol–water partition coefficient (Wildman–Crippen LogP) is 10.1. The van der Waals surface area contributed by atoms with Gasteiger partial charge in [0.2, 0.25) is 0 Å². The number of carboxylic acid groups (broad SMARTS) is 1. The number of hydroxylamine groups is 4. The molecule has 0 aromatic heterocycles. The molecule has 2 aromatic carbocycles. The van der Waals surface area contributed by atoms with E-state index in [1.165, 1.54) is 17.7 Å². The molecule has 2 fully saturated rings. The van der Waals surface area contributed by atoms with Crippen LogP contribution in [0.25, 0.3) is 0 Å². The summed E-state index contributed by atoms with van der Waals surface area (Å²) in [7, 11) is 0. The molecule has 2 aromatic rings. The SMILES string of the molecule is C=C(C)[C@@H]1CCC(C)=CC1c1c(O)cc(CCCCC)c(C(=O)O)c1O.C=C(C)[C@@H]1CCC(C)=CC1c1c(O)cc(CCCCC)c(C(=O)ON2C(=O)CCC2=O)c1O.O=C1CCC(=O)N1O. The average molecular weight is 929 g/mol. The van der Waals surface area contributed by atoms with Crippen molar-refractivity contribution in [3.05, 3.63) is 93.1 Å². The molecule has 0 bridgehead atoms. The van der Waals surface area contributed by atoms with Crippen molar-refractivity contribution >= 4 is 35.6 Å². The van der Waals surface area contributed by atoms with E-state index in [1.54, 1.807) is 0 Å². The summed E-state index contributed by atoms with van der Waals surface area (Å²) in [5.74, 6) is -5.67. The van der Waals surface area contributed by atoms with Crippen molar-refractivity contribution in [1.82, 2.24) is 10.1 Å². The highest BCUT2D eigenvalue weighted by Gasteiger charge is 2.38. The Morgan fingerprint density at radius 3 is 1.39 bits per heavy atom. The third-order valence-corrected chi connectivity index (χ3v) is 12.9. The summed E-state index contributed by atoms with van der Waals surface area (Å²) in [6, 6.07) is 3.03. The van der Waals surface area contributed by atoms with Crippen molar-refractivity contribution in [2.24, 2.45) is 11.8 Å². The van der Waals surface area contributed by atoms with E-state index in [4.69, 9.17) is 10.0 Å². The van der Waals surface area contributed by atoms with E-state index in [0.29, 0.717) is 34.6 Å². The molecule has 15 heteroatoms. The van der Waals surface area contributed by atoms with Gasteiger partial charge in [0.1, 0.15) is 34.1 Å². The standard InChI is InChI=1S/C26H33NO6.C22H30O4.C4H5NO3/c1-5-6-7-8-17-14-20(28)24(19-13-16(4)9-10-18(19)15(2)3)25(31)23(17)26(32)33-27-21(29)11-12-22(27)30;1-5-6-7-8-15-12-18(23)20(21(24)19(15)22(25)26)17-11-14(4)9-10-16(17)13(2)3;6-3-1-2-4(7)5(3)8/h13-14,18-19,28,31H,2,5-12H2,1,3-4H3;11-12,16-17,23-24H,2,5-10H2,1,3-4H3,(H,25,26);8H,1-2H2/t18-,19?;16-,17?;/m00./s1. The minimum atomic E-state index is -1.15. The van der Waals surface area contributed by atoms with E-state index < -0.39 is 35.6 Å². The molecule has 4 amide bonds. The number of rotatable bonds is 15. The second-order valence-electron chi connectivity index (χ2n) is 18.2. The highest BCUT2D eigenvalue weighted by atomic mass is 16.7. The summed E-state index contributed by atoms with van der Waals surface area (Å²) in [4.78, 5) is 74.5. The van der Waals surface area contributed by atoms with Crippen LogP contribution in [0.3, 0.4) is 0 Å². The third-order valence-electron chi connectivity index (χ3n) is 12.9. The fraction of sp³-hybridized carbons (Fsp3) is 0.500. The summed E-state index contributed by atoms with van der Waals surface area (Å²) in [5, 5.41) is 62.5. The molecule has 0 saturated carbocycles. The topological polar surface area (TPSA) is 240 Å². The highest BCUT2D eigenvalue weighted by Crippen LogP contribution is 2.50. The molecule has 364 valence electrons. The summed E-state index contributed by atoms with van der Waals surface area (Å²) in [6.45, 7) is 20.1. The Bertz CT molecular complexity index is 2290. The molecule has 4 atom stereocenters. The van der Waals surface area contributed by atoms with Crippen LogP contribution in [0.15, 0.2) is 59.7 Å². The molecule has 2 heterocycles. The van der Waals surface area contributed by atoms with E-state index in [1.807, 2.05) is 46.8 Å². The lowest BCUT2D eigenvalue weighted by atomic mass is 9.73. The molecule has 6 rings (SSSR count). The van der Waals surface area contributed by atoms with Crippen molar-refractivity contribution < 1.29 is 64.3 Å². The van der Waals surface area contributed by atoms with Crippen LogP contribution < -0.4 is 0 Å². The second-order valence-corrected chi connectivity index (χ2v) is 18.2. The van der Waals surface area contributed by atoms with Gasteiger partial charge in [0.25, 0.3) is 23.6 Å². The number of phenols is 4. The molecule has 2 unspecified atom stereocenters. The number of amides is 4. The molecule has 2 aliphatic heterocycles. The maximum Gasteiger partial charge on any atom is 0.367 e. The number of aromatic hydroxyl groups is 4. The quantitative estimate of drug-likeness (QED) is 0.0422. The van der Waals surface area contributed by atoms with Crippen molar-refractivity contribution in [3.8, 4) is 23.0 Å². The lowest BCUT2D eigenvalue weighted by Gasteiger charge is -2.32. The number of hydrogen-bond acceptors (Lipinski definition) is 12. The first-order valence-corrected chi connectivity index (χ1v) is 23.3. The van der Waals surface area contributed by atoms with Crippen LogP contribution in [-0.2, 0) is 36.9 Å². The van der Waals surface area contributed by atoms with Gasteiger partial charge in [-0.3, -0.25) is 24.4 Å². The van der Waals surface area contributed by atoms with Crippen LogP contribution in [0, 0.1) is 11.8 Å². The number of imide groups is 2. The molecular weight excluding hydrogens is 861 g/mol. The zero-order valence-electron chi connectivity index (χ0n) is 39.8. The molecule has 2 aliphatic carbocycles. The van der Waals surface area contributed by atoms with Gasteiger partial charge in [-0.25, -0.2) is 9.59 Å². The smallest absolute Gasteiger partial charge is 0.367 e. The number of aromatic carboxylic acids is 1. The van der Waals surface area contributed by atoms with Crippen molar-refractivity contribution in [2.45, 2.75) is 156 Å². The van der Waals surface area contributed by atoms with Crippen molar-refractivity contribution in [1.29, 1.82) is 0 Å². The van der Waals surface area contributed by atoms with E-state index >= 15 is 0 Å². The van der Waals surface area contributed by atoms with Gasteiger partial charge in [0.15, 0.2) is 0 Å². The minimum Gasteiger partial charge on any atom is -0.507 e. The average Bonchev–Trinajstić information content (AvgIpc) is 3.73. The van der Waals surface area contributed by atoms with Gasteiger partial charge in [-0.1, -0.05) is 87.1 Å². The number of aryl methyl sites for hydroxylation is 2. The van der Waals surface area contributed by atoms with Gasteiger partial charge in [-0.15, -0.1) is 5.06 Å². The van der Waals surface area contributed by atoms with Gasteiger partial charge < -0.3 is 30.4 Å². The Morgan fingerprint density at radius 1 is 0.642 bits per heavy atom. The van der Waals surface area contributed by atoms with Crippen LogP contribution in [0.4, 0.5) is 0 Å². The van der Waals surface area contributed by atoms with Gasteiger partial charge in [0, 0.05) is 48.6 Å². The fourth-order valence-electron chi connectivity index (χ4n) is 9.26. The maximum absolute atomic E-state index is 13.1. The Labute approximate surface area is 393 Å². The number of unbranched alkanes of at least 4 members (excludes halogenated alkanes) is 4. The van der Waals surface area contributed by atoms with Crippen molar-refractivity contribution in [2.75, 3.05) is 0 Å². The van der Waals surface area contributed by atoms with Crippen LogP contribution >= 0.6 is 0 Å². The number of benzene rings is 2. The number of phenolic OH excluding ortho intramolecular Hbond substituents is 3. The summed E-state index contributed by atoms with van der Waals surface area (Å²) >= 11 is 0. The first-order valence-electron chi connectivity index (χ1n) is 23.3. The summed E-state index contributed by atoms with van der Waals surface area (Å²) in [6.07, 6.45) is 14.2. The first kappa shape index (κ1) is 53.4. The molecule has 67 heavy (non-hydrogen) atoms.